The minimum atomic E-state index is -3.08. The number of nitrogens with zero attached hydrogens (tertiary/aromatic N) is 8. The lowest BCUT2D eigenvalue weighted by molar-refractivity contribution is -0.130. The minimum Gasteiger partial charge on any atom is -0.434 e. The molecule has 0 bridgehead atoms. The van der Waals surface area contributed by atoms with Crippen LogP contribution in [0.15, 0.2) is 49.1 Å². The molecule has 2 aliphatic heterocycles. The van der Waals surface area contributed by atoms with Crippen molar-refractivity contribution in [3.8, 4) is 17.0 Å². The van der Waals surface area contributed by atoms with E-state index in [1.807, 2.05) is 4.90 Å². The molecule has 1 amide bonds. The van der Waals surface area contributed by atoms with Crippen LogP contribution >= 0.6 is 11.6 Å². The number of hydrogen-bond acceptors (Lipinski definition) is 9. The van der Waals surface area contributed by atoms with Gasteiger partial charge < -0.3 is 25.0 Å². The molecule has 2 aliphatic rings. The molecular weight excluding hydrogens is 584 g/mol. The van der Waals surface area contributed by atoms with Crippen molar-refractivity contribution in [1.29, 1.82) is 0 Å². The van der Waals surface area contributed by atoms with Crippen LogP contribution in [0.5, 0.6) is 5.75 Å². The Kier molecular flexibility index (Phi) is 8.43. The van der Waals surface area contributed by atoms with Gasteiger partial charge in [-0.15, -0.1) is 0 Å². The average Bonchev–Trinajstić information content (AvgIpc) is 3.70. The van der Waals surface area contributed by atoms with E-state index in [1.54, 1.807) is 24.7 Å². The summed E-state index contributed by atoms with van der Waals surface area (Å²) in [5.74, 6) is -0.219. The van der Waals surface area contributed by atoms with Crippen LogP contribution in [0.4, 0.5) is 14.5 Å². The summed E-state index contributed by atoms with van der Waals surface area (Å²) in [6.07, 6.45) is 5.59. The lowest BCUT2D eigenvalue weighted by Gasteiger charge is -2.33. The number of carbonyl (C=O) groups is 1. The number of amides is 1. The number of halogens is 3. The van der Waals surface area contributed by atoms with Crippen LogP contribution in [0.2, 0.25) is 5.02 Å². The summed E-state index contributed by atoms with van der Waals surface area (Å²) in [4.78, 5) is 24.3. The SMILES string of the molecule is CN1CCN(CCN2CC[C@@H](n3cc(NC(O)c4cnn5cccnc45)c(-c4cc(Cl)ccc4OC(F)F)n3)C2=O)CC1. The van der Waals surface area contributed by atoms with Crippen molar-refractivity contribution in [2.24, 2.45) is 0 Å². The van der Waals surface area contributed by atoms with E-state index in [2.05, 4.69) is 37.3 Å². The van der Waals surface area contributed by atoms with E-state index in [-0.39, 0.29) is 33.6 Å². The van der Waals surface area contributed by atoms with Crippen molar-refractivity contribution in [1.82, 2.24) is 39.1 Å². The van der Waals surface area contributed by atoms with Crippen molar-refractivity contribution < 1.29 is 23.4 Å². The average molecular weight is 616 g/mol. The summed E-state index contributed by atoms with van der Waals surface area (Å²) >= 11 is 6.26. The first kappa shape index (κ1) is 29.2. The molecule has 2 N–H and O–H groups in total. The number of aliphatic hydroxyl groups excluding tert-OH is 1. The molecule has 4 aromatic rings. The van der Waals surface area contributed by atoms with Gasteiger partial charge in [0.2, 0.25) is 5.91 Å². The van der Waals surface area contributed by atoms with E-state index in [9.17, 15) is 18.7 Å². The van der Waals surface area contributed by atoms with Crippen LogP contribution in [0.25, 0.3) is 16.9 Å². The highest BCUT2D eigenvalue weighted by Gasteiger charge is 2.35. The lowest BCUT2D eigenvalue weighted by atomic mass is 10.1. The third-order valence-corrected chi connectivity index (χ3v) is 8.14. The molecule has 0 radical (unpaired) electrons. The van der Waals surface area contributed by atoms with E-state index in [0.717, 1.165) is 32.7 Å². The van der Waals surface area contributed by atoms with E-state index in [4.69, 9.17) is 16.3 Å². The first-order valence-electron chi connectivity index (χ1n) is 14.0. The third kappa shape index (κ3) is 6.27. The highest BCUT2D eigenvalue weighted by molar-refractivity contribution is 6.31. The number of aliphatic hydroxyl groups is 1. The van der Waals surface area contributed by atoms with E-state index < -0.39 is 18.9 Å². The number of aromatic nitrogens is 5. The Morgan fingerprint density at radius 3 is 2.79 bits per heavy atom. The Hall–Kier alpha value is -3.85. The van der Waals surface area contributed by atoms with Gasteiger partial charge >= 0.3 is 6.61 Å². The molecule has 5 heterocycles. The topological polar surface area (TPSA) is 116 Å². The van der Waals surface area contributed by atoms with Crippen molar-refractivity contribution in [3.05, 3.63) is 59.6 Å². The van der Waals surface area contributed by atoms with Crippen molar-refractivity contribution in [3.63, 3.8) is 0 Å². The van der Waals surface area contributed by atoms with Gasteiger partial charge in [-0.05, 0) is 37.7 Å². The smallest absolute Gasteiger partial charge is 0.387 e. The van der Waals surface area contributed by atoms with Gasteiger partial charge in [-0.3, -0.25) is 14.4 Å². The highest BCUT2D eigenvalue weighted by Crippen LogP contribution is 2.39. The fourth-order valence-corrected chi connectivity index (χ4v) is 5.70. The van der Waals surface area contributed by atoms with Crippen molar-refractivity contribution >= 4 is 28.8 Å². The number of rotatable bonds is 10. The van der Waals surface area contributed by atoms with Crippen LogP contribution in [-0.4, -0.2) is 110 Å². The fraction of sp³-hybridized carbons (Fsp3) is 0.429. The molecule has 15 heteroatoms. The van der Waals surface area contributed by atoms with Gasteiger partial charge in [0.25, 0.3) is 0 Å². The molecule has 2 saturated heterocycles. The van der Waals surface area contributed by atoms with Gasteiger partial charge in [-0.2, -0.15) is 19.0 Å². The number of piperazine rings is 1. The van der Waals surface area contributed by atoms with Crippen LogP contribution < -0.4 is 10.1 Å². The number of hydrogen-bond donors (Lipinski definition) is 2. The van der Waals surface area contributed by atoms with Crippen molar-refractivity contribution in [2.45, 2.75) is 25.3 Å². The summed E-state index contributed by atoms with van der Waals surface area (Å²) in [5, 5.41) is 23.3. The quantitative estimate of drug-likeness (QED) is 0.260. The number of anilines is 1. The maximum absolute atomic E-state index is 13.5. The second-order valence-electron chi connectivity index (χ2n) is 10.7. The molecule has 2 atom stereocenters. The molecule has 0 saturated carbocycles. The minimum absolute atomic E-state index is 0.0720. The molecule has 43 heavy (non-hydrogen) atoms. The molecule has 1 unspecified atom stereocenters. The zero-order chi connectivity index (χ0) is 30.1. The zero-order valence-electron chi connectivity index (χ0n) is 23.5. The predicted octanol–water partition coefficient (Wildman–Crippen LogP) is 2.97. The van der Waals surface area contributed by atoms with Crippen molar-refractivity contribution in [2.75, 3.05) is 58.2 Å². The number of nitrogens with one attached hydrogen (secondary N) is 1. The number of fused-ring (bicyclic) bond motifs is 1. The summed E-state index contributed by atoms with van der Waals surface area (Å²) < 4.78 is 34.5. The number of likely N-dealkylation sites (N-methyl/N-ethyl adjacent to an activating group) is 1. The number of ether oxygens (including phenoxy) is 1. The highest BCUT2D eigenvalue weighted by atomic mass is 35.5. The van der Waals surface area contributed by atoms with E-state index in [1.165, 1.54) is 33.6 Å². The Labute approximate surface area is 251 Å². The van der Waals surface area contributed by atoms with Crippen LogP contribution in [0, 0.1) is 0 Å². The van der Waals surface area contributed by atoms with Crippen LogP contribution in [0.1, 0.15) is 24.3 Å². The summed E-state index contributed by atoms with van der Waals surface area (Å²) in [6.45, 7) is 2.82. The molecule has 0 spiro atoms. The molecular formula is C28H32ClF2N9O3. The van der Waals surface area contributed by atoms with Gasteiger partial charge in [0.1, 0.15) is 17.5 Å². The van der Waals surface area contributed by atoms with Crippen LogP contribution in [-0.2, 0) is 4.79 Å². The number of benzene rings is 1. The number of likely N-dealkylation sites (tertiary alicyclic amines) is 1. The summed E-state index contributed by atoms with van der Waals surface area (Å²) in [5.41, 5.74) is 1.47. The number of alkyl halides is 2. The Morgan fingerprint density at radius 1 is 1.19 bits per heavy atom. The molecule has 228 valence electrons. The monoisotopic (exact) mass is 615 g/mol. The second-order valence-corrected chi connectivity index (χ2v) is 11.1. The molecule has 3 aromatic heterocycles. The molecule has 2 fully saturated rings. The van der Waals surface area contributed by atoms with E-state index >= 15 is 0 Å². The van der Waals surface area contributed by atoms with Gasteiger partial charge in [-0.1, -0.05) is 11.6 Å². The van der Waals surface area contributed by atoms with Gasteiger partial charge in [0.05, 0.1) is 17.4 Å². The van der Waals surface area contributed by atoms with Gasteiger partial charge in [0.15, 0.2) is 11.9 Å². The van der Waals surface area contributed by atoms with Crippen LogP contribution in [0.3, 0.4) is 0 Å². The maximum atomic E-state index is 13.5. The standard InChI is InChI=1S/C28H32ClF2N9O3/c1-36-9-11-37(12-10-36)13-14-38-8-5-22(27(38)42)40-17-21(34-26(41)20-16-33-39-7-2-6-32-25(20)39)24(35-40)19-15-18(29)3-4-23(19)43-28(30)31/h2-4,6-7,15-17,22,26,28,34,41H,5,8-14H2,1H3/t22-,26?/m1/s1. The zero-order valence-corrected chi connectivity index (χ0v) is 24.2. The summed E-state index contributed by atoms with van der Waals surface area (Å²) in [7, 11) is 2.10. The fourth-order valence-electron chi connectivity index (χ4n) is 5.53. The Bertz CT molecular complexity index is 1590. The number of carbonyl (C=O) groups excluding carboxylic acids is 1. The normalized spacial score (nSPS) is 19.1. The molecule has 0 aliphatic carbocycles. The lowest BCUT2D eigenvalue weighted by Crippen LogP contribution is -2.47. The molecule has 12 nitrogen and oxygen atoms in total. The summed E-state index contributed by atoms with van der Waals surface area (Å²) in [6, 6.07) is 5.34. The van der Waals surface area contributed by atoms with Gasteiger partial charge in [0, 0.05) is 75.0 Å². The van der Waals surface area contributed by atoms with E-state index in [0.29, 0.717) is 30.7 Å². The first-order chi connectivity index (χ1) is 20.8. The second kappa shape index (κ2) is 12.4. The first-order valence-corrected chi connectivity index (χ1v) is 14.4. The molecule has 6 rings (SSSR count). The molecule has 1 aromatic carbocycles. The third-order valence-electron chi connectivity index (χ3n) is 7.91. The predicted molar refractivity (Wildman–Crippen MR) is 155 cm³/mol. The van der Waals surface area contributed by atoms with Gasteiger partial charge in [-0.25, -0.2) is 9.50 Å². The maximum Gasteiger partial charge on any atom is 0.387 e. The Morgan fingerprint density at radius 2 is 2.00 bits per heavy atom. The Balaban J connectivity index is 1.29. The largest absolute Gasteiger partial charge is 0.434 e.